The quantitative estimate of drug-likeness (QED) is 0.550. The van der Waals surface area contributed by atoms with Gasteiger partial charge in [-0.15, -0.1) is 0 Å². The molecule has 0 saturated heterocycles. The second kappa shape index (κ2) is 8.85. The van der Waals surface area contributed by atoms with Crippen molar-refractivity contribution in [2.75, 3.05) is 13.7 Å². The van der Waals surface area contributed by atoms with E-state index in [1.54, 1.807) is 0 Å². The number of esters is 1. The molecule has 6 nitrogen and oxygen atoms in total. The number of methoxy groups -OCH3 is 1. The lowest BCUT2D eigenvalue weighted by molar-refractivity contribution is -0.140. The Hall–Kier alpha value is -1.08. The molecule has 1 atom stereocenters. The molecule has 0 rings (SSSR count). The summed E-state index contributed by atoms with van der Waals surface area (Å²) in [6.07, 6.45) is 0.162. The fourth-order valence-electron chi connectivity index (χ4n) is 1.59. The van der Waals surface area contributed by atoms with E-state index in [2.05, 4.69) is 43.9 Å². The smallest absolute Gasteiger partial charge is 0.407 e. The number of ether oxygens (including phenoxy) is 2. The van der Waals surface area contributed by atoms with Crippen molar-refractivity contribution in [1.82, 2.24) is 5.32 Å². The second-order valence-electron chi connectivity index (χ2n) is 8.53. The largest absolute Gasteiger partial charge is 0.469 e. The van der Waals surface area contributed by atoms with Gasteiger partial charge in [0.2, 0.25) is 0 Å². The number of nitrogens with one attached hydrogen (secondary N) is 1. The van der Waals surface area contributed by atoms with Gasteiger partial charge >= 0.3 is 12.1 Å². The van der Waals surface area contributed by atoms with Gasteiger partial charge in [-0.1, -0.05) is 20.8 Å². The van der Waals surface area contributed by atoms with E-state index in [0.717, 1.165) is 0 Å². The van der Waals surface area contributed by atoms with Crippen molar-refractivity contribution in [3.05, 3.63) is 0 Å². The van der Waals surface area contributed by atoms with Crippen molar-refractivity contribution >= 4 is 20.4 Å². The molecule has 0 radical (unpaired) electrons. The summed E-state index contributed by atoms with van der Waals surface area (Å²) >= 11 is 0. The van der Waals surface area contributed by atoms with Crippen molar-refractivity contribution in [2.24, 2.45) is 0 Å². The number of hydrogen-bond donors (Lipinski definition) is 1. The number of hydrogen-bond acceptors (Lipinski definition) is 5. The van der Waals surface area contributed by atoms with Gasteiger partial charge in [-0.05, 0) is 45.3 Å². The Morgan fingerprint density at radius 2 is 1.62 bits per heavy atom. The molecule has 0 aromatic heterocycles. The SMILES string of the molecule is COC(=O)CC[C@H](CO[Si](C)(C)C(C)(C)C)NC(=O)OC(C)(C)C. The summed E-state index contributed by atoms with van der Waals surface area (Å²) in [6, 6.07) is -0.298. The first-order chi connectivity index (χ1) is 10.7. The zero-order valence-electron chi connectivity index (χ0n) is 16.7. The molecule has 0 aromatic carbocycles. The summed E-state index contributed by atoms with van der Waals surface area (Å²) in [7, 11) is -0.586. The van der Waals surface area contributed by atoms with E-state index >= 15 is 0 Å². The van der Waals surface area contributed by atoms with Gasteiger partial charge in [0.05, 0.1) is 19.8 Å². The zero-order chi connectivity index (χ0) is 19.2. The molecule has 0 heterocycles. The fraction of sp³-hybridized carbons (Fsp3) is 0.882. The van der Waals surface area contributed by atoms with Crippen LogP contribution in [-0.4, -0.2) is 45.7 Å². The van der Waals surface area contributed by atoms with Gasteiger partial charge < -0.3 is 19.2 Å². The Bertz CT molecular complexity index is 424. The Kier molecular flexibility index (Phi) is 8.45. The Morgan fingerprint density at radius 3 is 2.04 bits per heavy atom. The first kappa shape index (κ1) is 22.9. The number of alkyl carbamates (subject to hydrolysis) is 1. The van der Waals surface area contributed by atoms with Crippen LogP contribution in [0.4, 0.5) is 4.79 Å². The first-order valence-electron chi connectivity index (χ1n) is 8.38. The normalized spacial score (nSPS) is 14.0. The van der Waals surface area contributed by atoms with Crippen molar-refractivity contribution in [1.29, 1.82) is 0 Å². The number of carbonyl (C=O) groups is 2. The Labute approximate surface area is 147 Å². The summed E-state index contributed by atoms with van der Waals surface area (Å²) in [5.41, 5.74) is -0.572. The average Bonchev–Trinajstić information content (AvgIpc) is 2.37. The van der Waals surface area contributed by atoms with Gasteiger partial charge in [0.25, 0.3) is 0 Å². The minimum Gasteiger partial charge on any atom is -0.469 e. The van der Waals surface area contributed by atoms with Crippen molar-refractivity contribution < 1.29 is 23.5 Å². The van der Waals surface area contributed by atoms with E-state index in [9.17, 15) is 9.59 Å². The number of carbonyl (C=O) groups excluding carboxylic acids is 2. The highest BCUT2D eigenvalue weighted by Crippen LogP contribution is 2.36. The summed E-state index contributed by atoms with van der Waals surface area (Å²) in [6.45, 7) is 16.5. The van der Waals surface area contributed by atoms with Crippen LogP contribution in [0.3, 0.4) is 0 Å². The molecule has 0 unspecified atom stereocenters. The van der Waals surface area contributed by atoms with Crippen molar-refractivity contribution in [3.63, 3.8) is 0 Å². The van der Waals surface area contributed by atoms with Crippen LogP contribution < -0.4 is 5.32 Å². The lowest BCUT2D eigenvalue weighted by atomic mass is 10.1. The molecule has 142 valence electrons. The molecule has 0 aliphatic heterocycles. The van der Waals surface area contributed by atoms with Crippen molar-refractivity contribution in [2.45, 2.75) is 84.2 Å². The topological polar surface area (TPSA) is 73.9 Å². The van der Waals surface area contributed by atoms with Crippen LogP contribution in [-0.2, 0) is 18.7 Å². The third-order valence-corrected chi connectivity index (χ3v) is 8.60. The highest BCUT2D eigenvalue weighted by Gasteiger charge is 2.37. The molecule has 1 amide bonds. The zero-order valence-corrected chi connectivity index (χ0v) is 17.7. The maximum absolute atomic E-state index is 12.0. The van der Waals surface area contributed by atoms with Crippen LogP contribution in [0.5, 0.6) is 0 Å². The molecule has 0 spiro atoms. The molecular formula is C17H35NO5Si. The molecule has 0 aliphatic rings. The number of rotatable bonds is 7. The lowest BCUT2D eigenvalue weighted by Crippen LogP contribution is -2.47. The monoisotopic (exact) mass is 361 g/mol. The van der Waals surface area contributed by atoms with E-state index in [1.165, 1.54) is 7.11 Å². The molecule has 0 aliphatic carbocycles. The third kappa shape index (κ3) is 9.27. The van der Waals surface area contributed by atoms with Crippen LogP contribution in [0, 0.1) is 0 Å². The van der Waals surface area contributed by atoms with Gasteiger partial charge in [-0.3, -0.25) is 4.79 Å². The molecule has 1 N–H and O–H groups in total. The standard InChI is InChI=1S/C17H35NO5Si/c1-16(2,3)23-15(20)18-13(10-11-14(19)21-7)12-22-24(8,9)17(4,5)6/h13H,10-12H2,1-9H3,(H,18,20)/t13-/m1/s1. The summed E-state index contributed by atoms with van der Waals surface area (Å²) in [4.78, 5) is 23.4. The van der Waals surface area contributed by atoms with Gasteiger partial charge in [0.15, 0.2) is 8.32 Å². The van der Waals surface area contributed by atoms with Gasteiger partial charge in [-0.2, -0.15) is 0 Å². The first-order valence-corrected chi connectivity index (χ1v) is 11.3. The predicted molar refractivity (Wildman–Crippen MR) is 97.6 cm³/mol. The average molecular weight is 362 g/mol. The van der Waals surface area contributed by atoms with Gasteiger partial charge in [0.1, 0.15) is 5.60 Å². The molecule has 0 aromatic rings. The van der Waals surface area contributed by atoms with Gasteiger partial charge in [0, 0.05) is 6.42 Å². The summed E-state index contributed by atoms with van der Waals surface area (Å²) < 4.78 is 16.1. The van der Waals surface area contributed by atoms with Crippen LogP contribution in [0.2, 0.25) is 18.1 Å². The van der Waals surface area contributed by atoms with E-state index in [1.807, 2.05) is 20.8 Å². The summed E-state index contributed by atoms with van der Waals surface area (Å²) in [5.74, 6) is -0.307. The fourth-order valence-corrected chi connectivity index (χ4v) is 2.64. The molecule has 0 fully saturated rings. The van der Waals surface area contributed by atoms with Crippen LogP contribution in [0.25, 0.3) is 0 Å². The highest BCUT2D eigenvalue weighted by molar-refractivity contribution is 6.74. The molecule has 0 bridgehead atoms. The predicted octanol–water partition coefficient (Wildman–Crippen LogP) is 3.85. The number of amides is 1. The second-order valence-corrected chi connectivity index (χ2v) is 13.3. The van der Waals surface area contributed by atoms with Crippen LogP contribution >= 0.6 is 0 Å². The maximum atomic E-state index is 12.0. The highest BCUT2D eigenvalue weighted by atomic mass is 28.4. The van der Waals surface area contributed by atoms with E-state index in [4.69, 9.17) is 9.16 Å². The van der Waals surface area contributed by atoms with Crippen LogP contribution in [0.1, 0.15) is 54.4 Å². The minimum atomic E-state index is -1.94. The minimum absolute atomic E-state index is 0.0752. The van der Waals surface area contributed by atoms with E-state index in [0.29, 0.717) is 13.0 Å². The molecule has 24 heavy (non-hydrogen) atoms. The Morgan fingerprint density at radius 1 is 1.08 bits per heavy atom. The lowest BCUT2D eigenvalue weighted by Gasteiger charge is -2.37. The van der Waals surface area contributed by atoms with E-state index in [-0.39, 0.29) is 23.5 Å². The van der Waals surface area contributed by atoms with E-state index < -0.39 is 20.0 Å². The maximum Gasteiger partial charge on any atom is 0.407 e. The van der Waals surface area contributed by atoms with Crippen molar-refractivity contribution in [3.8, 4) is 0 Å². The summed E-state index contributed by atoms with van der Waals surface area (Å²) in [5, 5.41) is 2.88. The molecule has 7 heteroatoms. The molecular weight excluding hydrogens is 326 g/mol. The Balaban J connectivity index is 4.81. The van der Waals surface area contributed by atoms with Gasteiger partial charge in [-0.25, -0.2) is 4.79 Å². The molecule has 0 saturated carbocycles. The van der Waals surface area contributed by atoms with Crippen LogP contribution in [0.15, 0.2) is 0 Å². The third-order valence-electron chi connectivity index (χ3n) is 4.10.